The van der Waals surface area contributed by atoms with Crippen LogP contribution < -0.4 is 0 Å². The average molecular weight is 655 g/mol. The quantitative estimate of drug-likeness (QED) is 0.0693. The second-order valence-corrected chi connectivity index (χ2v) is 12.4. The second-order valence-electron chi connectivity index (χ2n) is 12.4. The molecule has 45 heavy (non-hydrogen) atoms. The Hall–Kier alpha value is -0.520. The molecule has 0 amide bonds. The van der Waals surface area contributed by atoms with Gasteiger partial charge in [-0.25, -0.2) is 0 Å². The highest BCUT2D eigenvalue weighted by molar-refractivity contribution is 4.94. The standard InChI is InChI=1S/C32H62O13/c1-3-4-5-6-7-8-9-10-11-12-13-14-15-16-17-41-20-22(40-2)21-42-31-29(39)27(37)30(24(19-34)44-31)45-32-28(38)26(36)25(35)23(18-33)43-32/h22-39H,3-21H2,1-2H3/t22?,23?,24?,25-,26?,27?,28-,29-,30+,31+,32-/m0/s1. The zero-order valence-electron chi connectivity index (χ0n) is 27.4. The van der Waals surface area contributed by atoms with Crippen molar-refractivity contribution in [3.05, 3.63) is 0 Å². The Morgan fingerprint density at radius 2 is 1.09 bits per heavy atom. The van der Waals surface area contributed by atoms with Crippen molar-refractivity contribution in [2.45, 2.75) is 164 Å². The number of methoxy groups -OCH3 is 1. The van der Waals surface area contributed by atoms with Crippen LogP contribution in [0.4, 0.5) is 0 Å². The zero-order chi connectivity index (χ0) is 33.0. The normalized spacial score (nSPS) is 33.0. The second kappa shape index (κ2) is 23.7. The fourth-order valence-corrected chi connectivity index (χ4v) is 5.69. The first-order chi connectivity index (χ1) is 21.8. The van der Waals surface area contributed by atoms with Crippen LogP contribution >= 0.6 is 0 Å². The summed E-state index contributed by atoms with van der Waals surface area (Å²) in [5.74, 6) is 0. The molecule has 13 nitrogen and oxygen atoms in total. The molecular weight excluding hydrogens is 592 g/mol. The van der Waals surface area contributed by atoms with E-state index in [1.807, 2.05) is 0 Å². The van der Waals surface area contributed by atoms with Crippen LogP contribution in [0.1, 0.15) is 96.8 Å². The molecule has 268 valence electrons. The maximum atomic E-state index is 10.7. The number of ether oxygens (including phenoxy) is 6. The Kier molecular flexibility index (Phi) is 21.5. The topological polar surface area (TPSA) is 197 Å². The minimum absolute atomic E-state index is 0.0138. The van der Waals surface area contributed by atoms with E-state index in [0.717, 1.165) is 12.8 Å². The molecule has 7 N–H and O–H groups in total. The monoisotopic (exact) mass is 654 g/mol. The van der Waals surface area contributed by atoms with Gasteiger partial charge in [0.15, 0.2) is 12.6 Å². The molecule has 0 bridgehead atoms. The van der Waals surface area contributed by atoms with Gasteiger partial charge in [-0.05, 0) is 6.42 Å². The number of rotatable bonds is 25. The van der Waals surface area contributed by atoms with E-state index >= 15 is 0 Å². The molecule has 2 aliphatic heterocycles. The lowest BCUT2D eigenvalue weighted by atomic mass is 9.97. The van der Waals surface area contributed by atoms with Gasteiger partial charge in [-0.3, -0.25) is 0 Å². The summed E-state index contributed by atoms with van der Waals surface area (Å²) in [6.07, 6.45) is 2.60. The minimum atomic E-state index is -1.73. The van der Waals surface area contributed by atoms with E-state index < -0.39 is 80.7 Å². The number of hydrogen-bond donors (Lipinski definition) is 7. The highest BCUT2D eigenvalue weighted by Crippen LogP contribution is 2.29. The summed E-state index contributed by atoms with van der Waals surface area (Å²) in [6, 6.07) is 0. The molecule has 0 aromatic carbocycles. The summed E-state index contributed by atoms with van der Waals surface area (Å²) < 4.78 is 33.4. The Bertz CT molecular complexity index is 715. The van der Waals surface area contributed by atoms with E-state index in [2.05, 4.69) is 6.92 Å². The molecule has 0 spiro atoms. The Morgan fingerprint density at radius 1 is 0.578 bits per heavy atom. The van der Waals surface area contributed by atoms with Crippen molar-refractivity contribution < 1.29 is 64.2 Å². The first-order valence-corrected chi connectivity index (χ1v) is 17.1. The van der Waals surface area contributed by atoms with Gasteiger partial charge in [-0.1, -0.05) is 90.4 Å². The minimum Gasteiger partial charge on any atom is -0.394 e. The number of aliphatic hydroxyl groups is 7. The highest BCUT2D eigenvalue weighted by Gasteiger charge is 2.50. The Balaban J connectivity index is 1.61. The molecule has 0 aromatic rings. The van der Waals surface area contributed by atoms with Crippen LogP contribution in [0.25, 0.3) is 0 Å². The van der Waals surface area contributed by atoms with Crippen LogP contribution in [0.3, 0.4) is 0 Å². The Labute approximate surface area is 268 Å². The Morgan fingerprint density at radius 3 is 1.62 bits per heavy atom. The van der Waals surface area contributed by atoms with Crippen LogP contribution in [0.15, 0.2) is 0 Å². The van der Waals surface area contributed by atoms with Crippen LogP contribution in [0.2, 0.25) is 0 Å². The van der Waals surface area contributed by atoms with Crippen LogP contribution in [0, 0.1) is 0 Å². The summed E-state index contributed by atoms with van der Waals surface area (Å²) in [5.41, 5.74) is 0. The molecule has 2 fully saturated rings. The van der Waals surface area contributed by atoms with Crippen molar-refractivity contribution in [2.24, 2.45) is 0 Å². The third kappa shape index (κ3) is 14.2. The van der Waals surface area contributed by atoms with E-state index in [1.54, 1.807) is 0 Å². The fourth-order valence-electron chi connectivity index (χ4n) is 5.69. The fraction of sp³-hybridized carbons (Fsp3) is 1.00. The SMILES string of the molecule is CCCCCCCCCCCCCCCCOCC(CO[C@@H]1OC(CO)[C@@H](O[C@@H]2OC(CO)[C@H](O)C(O)[C@@H]2O)C(O)[C@@H]1O)OC. The van der Waals surface area contributed by atoms with Crippen molar-refractivity contribution in [1.82, 2.24) is 0 Å². The van der Waals surface area contributed by atoms with E-state index in [9.17, 15) is 35.7 Å². The lowest BCUT2D eigenvalue weighted by Crippen LogP contribution is -2.64. The molecule has 0 aromatic heterocycles. The van der Waals surface area contributed by atoms with E-state index in [-0.39, 0.29) is 13.2 Å². The van der Waals surface area contributed by atoms with Gasteiger partial charge in [0.2, 0.25) is 0 Å². The number of unbranched alkanes of at least 4 members (excludes halogenated alkanes) is 13. The van der Waals surface area contributed by atoms with E-state index in [0.29, 0.717) is 6.61 Å². The van der Waals surface area contributed by atoms with Crippen molar-refractivity contribution in [3.8, 4) is 0 Å². The summed E-state index contributed by atoms with van der Waals surface area (Å²) in [4.78, 5) is 0. The molecule has 2 saturated heterocycles. The molecule has 13 heteroatoms. The molecule has 0 aliphatic carbocycles. The maximum Gasteiger partial charge on any atom is 0.187 e. The third-order valence-corrected chi connectivity index (χ3v) is 8.69. The molecular formula is C32H62O13. The zero-order valence-corrected chi connectivity index (χ0v) is 27.4. The summed E-state index contributed by atoms with van der Waals surface area (Å²) in [5, 5.41) is 70.9. The number of aliphatic hydroxyl groups excluding tert-OH is 7. The van der Waals surface area contributed by atoms with Crippen LogP contribution in [-0.4, -0.2) is 143 Å². The molecule has 0 saturated carbocycles. The third-order valence-electron chi connectivity index (χ3n) is 8.69. The molecule has 2 heterocycles. The molecule has 11 atom stereocenters. The smallest absolute Gasteiger partial charge is 0.187 e. The molecule has 2 rings (SSSR count). The molecule has 0 radical (unpaired) electrons. The van der Waals surface area contributed by atoms with Crippen molar-refractivity contribution in [3.63, 3.8) is 0 Å². The van der Waals surface area contributed by atoms with Gasteiger partial charge >= 0.3 is 0 Å². The van der Waals surface area contributed by atoms with Gasteiger partial charge in [0.1, 0.15) is 54.9 Å². The predicted octanol–water partition coefficient (Wildman–Crippen LogP) is 1.14. The maximum absolute atomic E-state index is 10.7. The lowest BCUT2D eigenvalue weighted by molar-refractivity contribution is -0.360. The number of hydrogen-bond acceptors (Lipinski definition) is 13. The van der Waals surface area contributed by atoms with Crippen molar-refractivity contribution in [2.75, 3.05) is 40.1 Å². The van der Waals surface area contributed by atoms with Crippen LogP contribution in [0.5, 0.6) is 0 Å². The van der Waals surface area contributed by atoms with Gasteiger partial charge in [-0.2, -0.15) is 0 Å². The van der Waals surface area contributed by atoms with E-state index in [1.165, 1.54) is 84.2 Å². The van der Waals surface area contributed by atoms with Gasteiger partial charge < -0.3 is 64.2 Å². The van der Waals surface area contributed by atoms with Gasteiger partial charge in [0.25, 0.3) is 0 Å². The summed E-state index contributed by atoms with van der Waals surface area (Å²) in [7, 11) is 1.51. The van der Waals surface area contributed by atoms with E-state index in [4.69, 9.17) is 28.4 Å². The predicted molar refractivity (Wildman–Crippen MR) is 164 cm³/mol. The largest absolute Gasteiger partial charge is 0.394 e. The molecule has 2 aliphatic rings. The lowest BCUT2D eigenvalue weighted by Gasteiger charge is -2.46. The summed E-state index contributed by atoms with van der Waals surface area (Å²) >= 11 is 0. The van der Waals surface area contributed by atoms with Gasteiger partial charge in [-0.15, -0.1) is 0 Å². The van der Waals surface area contributed by atoms with Gasteiger partial charge in [0.05, 0.1) is 26.4 Å². The van der Waals surface area contributed by atoms with Crippen molar-refractivity contribution in [1.29, 1.82) is 0 Å². The highest BCUT2D eigenvalue weighted by atomic mass is 16.7. The first kappa shape index (κ1) is 40.7. The van der Waals surface area contributed by atoms with Gasteiger partial charge in [0, 0.05) is 13.7 Å². The summed E-state index contributed by atoms with van der Waals surface area (Å²) in [6.45, 7) is 1.81. The van der Waals surface area contributed by atoms with Crippen LogP contribution in [-0.2, 0) is 28.4 Å². The average Bonchev–Trinajstić information content (AvgIpc) is 3.05. The van der Waals surface area contributed by atoms with Crippen molar-refractivity contribution >= 4 is 0 Å². The first-order valence-electron chi connectivity index (χ1n) is 17.1. The molecule has 5 unspecified atom stereocenters.